The maximum absolute atomic E-state index is 11.0. The molecule has 0 unspecified atom stereocenters. The van der Waals surface area contributed by atoms with Crippen molar-refractivity contribution in [3.63, 3.8) is 0 Å². The van der Waals surface area contributed by atoms with Crippen molar-refractivity contribution in [2.45, 2.75) is 26.7 Å². The molecule has 0 aliphatic carbocycles. The van der Waals surface area contributed by atoms with Crippen LogP contribution in [0.4, 0.5) is 0 Å². The van der Waals surface area contributed by atoms with Crippen molar-refractivity contribution in [3.05, 3.63) is 69.7 Å². The summed E-state index contributed by atoms with van der Waals surface area (Å²) in [5.41, 5.74) is 3.38. The van der Waals surface area contributed by atoms with E-state index in [9.17, 15) is 10.2 Å². The van der Waals surface area contributed by atoms with E-state index in [1.54, 1.807) is 12.1 Å². The molecule has 142 valence electrons. The number of benzene rings is 4. The van der Waals surface area contributed by atoms with E-state index in [-0.39, 0.29) is 11.5 Å². The second-order valence-electron chi connectivity index (χ2n) is 6.95. The molecule has 4 heteroatoms. The first-order chi connectivity index (χ1) is 13.4. The molecule has 0 amide bonds. The number of aryl methyl sites for hydroxylation is 2. The Hall–Kier alpha value is -2.42. The summed E-state index contributed by atoms with van der Waals surface area (Å²) in [7, 11) is 0. The first kappa shape index (κ1) is 18.9. The first-order valence-electron chi connectivity index (χ1n) is 9.33. The zero-order valence-corrected chi connectivity index (χ0v) is 17.2. The minimum absolute atomic E-state index is 0.148. The van der Waals surface area contributed by atoms with E-state index in [0.29, 0.717) is 21.2 Å². The molecule has 0 spiro atoms. The van der Waals surface area contributed by atoms with Crippen LogP contribution < -0.4 is 0 Å². The Morgan fingerprint density at radius 3 is 1.36 bits per heavy atom. The Kier molecular flexibility index (Phi) is 4.86. The maximum atomic E-state index is 11.0. The fourth-order valence-electron chi connectivity index (χ4n) is 3.90. The highest BCUT2D eigenvalue weighted by atomic mass is 35.5. The third-order valence-corrected chi connectivity index (χ3v) is 5.83. The Bertz CT molecular complexity index is 1130. The molecule has 0 fully saturated rings. The molecule has 4 rings (SSSR count). The molecule has 28 heavy (non-hydrogen) atoms. The third kappa shape index (κ3) is 2.97. The van der Waals surface area contributed by atoms with Gasteiger partial charge < -0.3 is 10.2 Å². The summed E-state index contributed by atoms with van der Waals surface area (Å²) in [5.74, 6) is 0.295. The van der Waals surface area contributed by atoms with Gasteiger partial charge in [-0.25, -0.2) is 0 Å². The average molecular weight is 411 g/mol. The number of fused-ring (bicyclic) bond motifs is 2. The number of aromatic hydroxyl groups is 2. The second-order valence-corrected chi connectivity index (χ2v) is 7.82. The number of phenols is 2. The Balaban J connectivity index is 2.09. The predicted octanol–water partition coefficient (Wildman–Crippen LogP) is 7.50. The molecule has 0 radical (unpaired) electrons. The summed E-state index contributed by atoms with van der Waals surface area (Å²) in [5, 5.41) is 26.7. The summed E-state index contributed by atoms with van der Waals surface area (Å²) >= 11 is 12.3. The minimum Gasteiger partial charge on any atom is -0.507 e. The molecular formula is C24H20Cl2O2. The van der Waals surface area contributed by atoms with Crippen molar-refractivity contribution in [1.82, 2.24) is 0 Å². The van der Waals surface area contributed by atoms with Crippen LogP contribution in [-0.2, 0) is 12.8 Å². The smallest absolute Gasteiger partial charge is 0.131 e. The van der Waals surface area contributed by atoms with Gasteiger partial charge in [0.15, 0.2) is 0 Å². The van der Waals surface area contributed by atoms with Crippen LogP contribution >= 0.6 is 23.2 Å². The highest BCUT2D eigenvalue weighted by Gasteiger charge is 2.18. The van der Waals surface area contributed by atoms with Gasteiger partial charge in [-0.3, -0.25) is 0 Å². The quantitative estimate of drug-likeness (QED) is 0.366. The summed E-state index contributed by atoms with van der Waals surface area (Å²) in [6.07, 6.45) is 1.57. The molecule has 4 aromatic carbocycles. The van der Waals surface area contributed by atoms with Crippen LogP contribution in [0.25, 0.3) is 32.7 Å². The number of hydrogen-bond donors (Lipinski definition) is 2. The SMILES string of the molecule is CCc1cc(-c2cc(CC)c3cc(Cl)ccc3c2O)c(O)c2ccc(Cl)cc12. The summed E-state index contributed by atoms with van der Waals surface area (Å²) in [4.78, 5) is 0. The van der Waals surface area contributed by atoms with Gasteiger partial charge in [0, 0.05) is 31.9 Å². The lowest BCUT2D eigenvalue weighted by molar-refractivity contribution is 0.475. The molecule has 4 aromatic rings. The monoisotopic (exact) mass is 410 g/mol. The molecular weight excluding hydrogens is 391 g/mol. The molecule has 0 aliphatic heterocycles. The summed E-state index contributed by atoms with van der Waals surface area (Å²) in [6, 6.07) is 14.8. The largest absolute Gasteiger partial charge is 0.507 e. The highest BCUT2D eigenvalue weighted by molar-refractivity contribution is 6.32. The number of halogens is 2. The van der Waals surface area contributed by atoms with Crippen LogP contribution in [0.5, 0.6) is 11.5 Å². The zero-order valence-electron chi connectivity index (χ0n) is 15.7. The molecule has 0 atom stereocenters. The molecule has 2 nitrogen and oxygen atoms in total. The van der Waals surface area contributed by atoms with Crippen molar-refractivity contribution >= 4 is 44.7 Å². The molecule has 2 N–H and O–H groups in total. The van der Waals surface area contributed by atoms with Gasteiger partial charge in [-0.05, 0) is 83.3 Å². The van der Waals surface area contributed by atoms with E-state index >= 15 is 0 Å². The van der Waals surface area contributed by atoms with Crippen molar-refractivity contribution in [1.29, 1.82) is 0 Å². The van der Waals surface area contributed by atoms with Crippen LogP contribution in [0, 0.1) is 0 Å². The van der Waals surface area contributed by atoms with Crippen LogP contribution in [0.15, 0.2) is 48.5 Å². The van der Waals surface area contributed by atoms with Crippen LogP contribution in [0.3, 0.4) is 0 Å². The fourth-order valence-corrected chi connectivity index (χ4v) is 4.25. The Morgan fingerprint density at radius 2 is 1.00 bits per heavy atom. The lowest BCUT2D eigenvalue weighted by Crippen LogP contribution is -1.92. The zero-order chi connectivity index (χ0) is 20.0. The molecule has 0 saturated heterocycles. The van der Waals surface area contributed by atoms with E-state index in [1.807, 2.05) is 36.4 Å². The lowest BCUT2D eigenvalue weighted by atomic mass is 9.90. The van der Waals surface area contributed by atoms with E-state index in [2.05, 4.69) is 13.8 Å². The normalized spacial score (nSPS) is 11.4. The topological polar surface area (TPSA) is 40.5 Å². The van der Waals surface area contributed by atoms with E-state index in [0.717, 1.165) is 45.5 Å². The lowest BCUT2D eigenvalue weighted by Gasteiger charge is -2.17. The minimum atomic E-state index is 0.148. The molecule has 0 bridgehead atoms. The second kappa shape index (κ2) is 7.20. The van der Waals surface area contributed by atoms with Crippen LogP contribution in [0.1, 0.15) is 25.0 Å². The standard InChI is InChI=1S/C24H20Cl2O2/c1-3-13-9-21(23(27)17-7-5-15(25)11-19(13)17)22-10-14(4-2)20-12-16(26)6-8-18(20)24(22)28/h5-12,27-28H,3-4H2,1-2H3. The van der Waals surface area contributed by atoms with E-state index < -0.39 is 0 Å². The highest BCUT2D eigenvalue weighted by Crippen LogP contribution is 2.45. The first-order valence-corrected chi connectivity index (χ1v) is 10.1. The molecule has 0 heterocycles. The van der Waals surface area contributed by atoms with Gasteiger partial charge in [-0.2, -0.15) is 0 Å². The molecule has 0 saturated carbocycles. The number of phenolic OH excluding ortho intramolecular Hbond substituents is 2. The predicted molar refractivity (Wildman–Crippen MR) is 119 cm³/mol. The third-order valence-electron chi connectivity index (χ3n) is 5.36. The fraction of sp³-hybridized carbons (Fsp3) is 0.167. The van der Waals surface area contributed by atoms with Crippen LogP contribution in [-0.4, -0.2) is 10.2 Å². The van der Waals surface area contributed by atoms with Crippen molar-refractivity contribution in [2.75, 3.05) is 0 Å². The van der Waals surface area contributed by atoms with Crippen LogP contribution in [0.2, 0.25) is 10.0 Å². The average Bonchev–Trinajstić information content (AvgIpc) is 2.69. The van der Waals surface area contributed by atoms with Crippen molar-refractivity contribution in [3.8, 4) is 22.6 Å². The number of rotatable bonds is 3. The maximum Gasteiger partial charge on any atom is 0.131 e. The molecule has 0 aliphatic rings. The van der Waals surface area contributed by atoms with Gasteiger partial charge >= 0.3 is 0 Å². The van der Waals surface area contributed by atoms with E-state index in [1.165, 1.54) is 0 Å². The van der Waals surface area contributed by atoms with Gasteiger partial charge in [-0.1, -0.05) is 37.0 Å². The summed E-state index contributed by atoms with van der Waals surface area (Å²) < 4.78 is 0. The van der Waals surface area contributed by atoms with Gasteiger partial charge in [-0.15, -0.1) is 0 Å². The number of hydrogen-bond acceptors (Lipinski definition) is 2. The van der Waals surface area contributed by atoms with Gasteiger partial charge in [0.05, 0.1) is 0 Å². The molecule has 0 aromatic heterocycles. The summed E-state index contributed by atoms with van der Waals surface area (Å²) in [6.45, 7) is 4.13. The van der Waals surface area contributed by atoms with Gasteiger partial charge in [0.1, 0.15) is 11.5 Å². The van der Waals surface area contributed by atoms with Gasteiger partial charge in [0.2, 0.25) is 0 Å². The Morgan fingerprint density at radius 1 is 0.607 bits per heavy atom. The van der Waals surface area contributed by atoms with E-state index in [4.69, 9.17) is 23.2 Å². The van der Waals surface area contributed by atoms with Crippen molar-refractivity contribution in [2.24, 2.45) is 0 Å². The van der Waals surface area contributed by atoms with Crippen molar-refractivity contribution < 1.29 is 10.2 Å². The Labute approximate surface area is 174 Å². The van der Waals surface area contributed by atoms with Gasteiger partial charge in [0.25, 0.3) is 0 Å².